The monoisotopic (exact) mass is 494 g/mol. The fourth-order valence-electron chi connectivity index (χ4n) is 4.25. The van der Waals surface area contributed by atoms with Crippen LogP contribution in [0.5, 0.6) is 0 Å². The summed E-state index contributed by atoms with van der Waals surface area (Å²) in [6.45, 7) is 2.38. The van der Waals surface area contributed by atoms with E-state index in [-0.39, 0.29) is 27.9 Å². The van der Waals surface area contributed by atoms with Crippen LogP contribution in [0.4, 0.5) is 9.39 Å². The van der Waals surface area contributed by atoms with Crippen molar-refractivity contribution in [3.63, 3.8) is 0 Å². The largest absolute Gasteiger partial charge is 0.365 e. The first kappa shape index (κ1) is 23.3. The minimum atomic E-state index is -4.01. The first-order valence-corrected chi connectivity index (χ1v) is 12.6. The van der Waals surface area contributed by atoms with Gasteiger partial charge in [0.2, 0.25) is 21.8 Å². The minimum Gasteiger partial charge on any atom is -0.365 e. The molecular weight excluding hydrogens is 471 g/mol. The Balaban J connectivity index is 1.60. The Kier molecular flexibility index (Phi) is 6.25. The molecule has 176 valence electrons. The van der Waals surface area contributed by atoms with E-state index < -0.39 is 33.7 Å². The molecule has 1 atom stereocenters. The molecule has 2 aliphatic rings. The van der Waals surface area contributed by atoms with Gasteiger partial charge in [0.1, 0.15) is 16.9 Å². The molecule has 0 spiro atoms. The number of hydrogen-bond donors (Lipinski definition) is 2. The Morgan fingerprint density at radius 1 is 1.18 bits per heavy atom. The lowest BCUT2D eigenvalue weighted by Crippen LogP contribution is -2.43. The minimum absolute atomic E-state index is 0.0899. The molecule has 12 heteroatoms. The average Bonchev–Trinajstić information content (AvgIpc) is 3.38. The topological polar surface area (TPSA) is 130 Å². The van der Waals surface area contributed by atoms with Gasteiger partial charge in [-0.05, 0) is 49.1 Å². The quantitative estimate of drug-likeness (QED) is 0.653. The second-order valence-electron chi connectivity index (χ2n) is 7.98. The van der Waals surface area contributed by atoms with Crippen LogP contribution in [0.2, 0.25) is 0 Å². The maximum atomic E-state index is 13.2. The molecule has 0 aliphatic carbocycles. The van der Waals surface area contributed by atoms with Crippen molar-refractivity contribution >= 4 is 44.1 Å². The fraction of sp³-hybridized carbons (Fsp3) is 0.381. The van der Waals surface area contributed by atoms with Gasteiger partial charge in [-0.25, -0.2) is 12.8 Å². The average molecular weight is 495 g/mol. The number of anilines is 1. The maximum Gasteiger partial charge on any atom is 0.251 e. The van der Waals surface area contributed by atoms with E-state index in [1.54, 1.807) is 4.90 Å². The first-order valence-electron chi connectivity index (χ1n) is 10.4. The normalized spacial score (nSPS) is 18.7. The van der Waals surface area contributed by atoms with E-state index >= 15 is 0 Å². The highest BCUT2D eigenvalue weighted by Gasteiger charge is 2.40. The number of benzene rings is 1. The van der Waals surface area contributed by atoms with Crippen LogP contribution in [0, 0.1) is 5.82 Å². The highest BCUT2D eigenvalue weighted by atomic mass is 32.2. The van der Waals surface area contributed by atoms with Crippen molar-refractivity contribution in [2.24, 2.45) is 5.73 Å². The molecule has 33 heavy (non-hydrogen) atoms. The number of fused-ring (bicyclic) bond motifs is 1. The molecule has 0 saturated carbocycles. The number of carbonyl (C=O) groups is 3. The second-order valence-corrected chi connectivity index (χ2v) is 11.0. The number of halogens is 1. The van der Waals surface area contributed by atoms with E-state index in [4.69, 9.17) is 5.73 Å². The van der Waals surface area contributed by atoms with Crippen molar-refractivity contribution in [2.75, 3.05) is 18.4 Å². The highest BCUT2D eigenvalue weighted by Crippen LogP contribution is 2.37. The molecule has 0 bridgehead atoms. The van der Waals surface area contributed by atoms with Crippen LogP contribution in [0.1, 0.15) is 40.6 Å². The number of thiophene rings is 1. The Morgan fingerprint density at radius 3 is 2.52 bits per heavy atom. The third kappa shape index (κ3) is 4.37. The van der Waals surface area contributed by atoms with Crippen molar-refractivity contribution in [1.82, 2.24) is 9.21 Å². The van der Waals surface area contributed by atoms with E-state index in [0.717, 1.165) is 33.4 Å². The summed E-state index contributed by atoms with van der Waals surface area (Å²) in [4.78, 5) is 39.3. The Bertz CT molecular complexity index is 1230. The van der Waals surface area contributed by atoms with Crippen LogP contribution in [0.15, 0.2) is 29.2 Å². The van der Waals surface area contributed by atoms with Gasteiger partial charge in [0.15, 0.2) is 0 Å². The number of carbonyl (C=O) groups excluding carboxylic acids is 3. The Hall–Kier alpha value is -2.83. The van der Waals surface area contributed by atoms with Crippen molar-refractivity contribution in [1.29, 1.82) is 0 Å². The molecule has 1 aromatic carbocycles. The number of sulfonamides is 1. The van der Waals surface area contributed by atoms with Gasteiger partial charge < -0.3 is 16.0 Å². The number of primary amides is 1. The van der Waals surface area contributed by atoms with E-state index in [1.165, 1.54) is 18.3 Å². The van der Waals surface area contributed by atoms with Gasteiger partial charge in [-0.3, -0.25) is 14.4 Å². The summed E-state index contributed by atoms with van der Waals surface area (Å²) in [6, 6.07) is 3.46. The summed E-state index contributed by atoms with van der Waals surface area (Å²) < 4.78 is 40.5. The van der Waals surface area contributed by atoms with Gasteiger partial charge in [0.25, 0.3) is 5.91 Å². The fourth-order valence-corrected chi connectivity index (χ4v) is 7.18. The molecule has 1 fully saturated rings. The van der Waals surface area contributed by atoms with Gasteiger partial charge in [-0.15, -0.1) is 11.3 Å². The zero-order chi connectivity index (χ0) is 23.9. The van der Waals surface area contributed by atoms with Crippen molar-refractivity contribution in [2.45, 2.75) is 43.7 Å². The maximum absolute atomic E-state index is 13.2. The zero-order valence-corrected chi connectivity index (χ0v) is 19.5. The Morgan fingerprint density at radius 2 is 1.88 bits per heavy atom. The molecule has 3 heterocycles. The third-order valence-corrected chi connectivity index (χ3v) is 8.97. The van der Waals surface area contributed by atoms with Crippen LogP contribution in [-0.4, -0.2) is 54.5 Å². The summed E-state index contributed by atoms with van der Waals surface area (Å²) >= 11 is 1.17. The summed E-state index contributed by atoms with van der Waals surface area (Å²) in [5.74, 6) is -1.91. The summed E-state index contributed by atoms with van der Waals surface area (Å²) in [7, 11) is -4.01. The van der Waals surface area contributed by atoms with Crippen LogP contribution in [0.3, 0.4) is 0 Å². The molecule has 1 unspecified atom stereocenters. The molecule has 1 aromatic heterocycles. The molecule has 3 amide bonds. The Labute approximate surface area is 194 Å². The molecule has 1 saturated heterocycles. The molecule has 0 radical (unpaired) electrons. The number of nitrogens with one attached hydrogen (secondary N) is 1. The van der Waals surface area contributed by atoms with E-state index in [1.807, 2.05) is 0 Å². The van der Waals surface area contributed by atoms with Gasteiger partial charge in [-0.2, -0.15) is 4.31 Å². The number of nitrogens with zero attached hydrogens (tertiary/aromatic N) is 2. The van der Waals surface area contributed by atoms with Gasteiger partial charge in [0.05, 0.1) is 17.0 Å². The van der Waals surface area contributed by atoms with E-state index in [0.29, 0.717) is 37.9 Å². The predicted octanol–water partition coefficient (Wildman–Crippen LogP) is 1.68. The van der Waals surface area contributed by atoms with Crippen molar-refractivity contribution < 1.29 is 27.2 Å². The molecule has 2 aromatic rings. The zero-order valence-electron chi connectivity index (χ0n) is 17.8. The summed E-state index contributed by atoms with van der Waals surface area (Å²) in [5.41, 5.74) is 6.51. The number of nitrogens with two attached hydrogens (primary N) is 1. The molecule has 2 aliphatic heterocycles. The van der Waals surface area contributed by atoms with Crippen molar-refractivity contribution in [3.8, 4) is 0 Å². The lowest BCUT2D eigenvalue weighted by Gasteiger charge is -2.25. The van der Waals surface area contributed by atoms with Crippen LogP contribution in [-0.2, 0) is 32.6 Å². The van der Waals surface area contributed by atoms with Crippen LogP contribution in [0.25, 0.3) is 0 Å². The summed E-state index contributed by atoms with van der Waals surface area (Å²) in [5, 5.41) is 2.97. The van der Waals surface area contributed by atoms with Crippen molar-refractivity contribution in [3.05, 3.63) is 46.1 Å². The van der Waals surface area contributed by atoms with E-state index in [9.17, 15) is 27.2 Å². The standard InChI is InChI=1S/C21H23FN4O5S2/c1-12(27)25-10-8-15-17(11-25)32-21(18(15)19(23)28)24-20(29)16-3-2-9-26(16)33(30,31)14-6-4-13(22)5-7-14/h4-7,16H,2-3,8-11H2,1H3,(H2,23,28)(H,24,29). The predicted molar refractivity (Wildman–Crippen MR) is 120 cm³/mol. The SMILES string of the molecule is CC(=O)N1CCc2c(sc(NC(=O)C3CCCN3S(=O)(=O)c3ccc(F)cc3)c2C(N)=O)C1. The first-order chi connectivity index (χ1) is 15.6. The number of hydrogen-bond acceptors (Lipinski definition) is 6. The van der Waals surface area contributed by atoms with Gasteiger partial charge in [0, 0.05) is 24.9 Å². The third-order valence-electron chi connectivity index (χ3n) is 5.91. The number of amides is 3. The number of rotatable bonds is 5. The molecular formula is C21H23FN4O5S2. The molecule has 4 rings (SSSR count). The lowest BCUT2D eigenvalue weighted by molar-refractivity contribution is -0.129. The van der Waals surface area contributed by atoms with E-state index in [2.05, 4.69) is 5.32 Å². The van der Waals surface area contributed by atoms with Crippen LogP contribution >= 0.6 is 11.3 Å². The molecule has 9 nitrogen and oxygen atoms in total. The summed E-state index contributed by atoms with van der Waals surface area (Å²) in [6.07, 6.45) is 1.23. The molecule has 3 N–H and O–H groups in total. The van der Waals surface area contributed by atoms with Gasteiger partial charge >= 0.3 is 0 Å². The van der Waals surface area contributed by atoms with Crippen LogP contribution < -0.4 is 11.1 Å². The van der Waals surface area contributed by atoms with Gasteiger partial charge in [-0.1, -0.05) is 0 Å². The smallest absolute Gasteiger partial charge is 0.251 e. The lowest BCUT2D eigenvalue weighted by atomic mass is 10.0. The highest BCUT2D eigenvalue weighted by molar-refractivity contribution is 7.89. The second kappa shape index (κ2) is 8.84.